The van der Waals surface area contributed by atoms with Crippen molar-refractivity contribution >= 4 is 21.4 Å². The van der Waals surface area contributed by atoms with Crippen LogP contribution in [0.15, 0.2) is 72.8 Å². The Morgan fingerprint density at radius 2 is 1.32 bits per heavy atom. The molecule has 2 aliphatic rings. The first kappa shape index (κ1) is 24.7. The maximum atomic E-state index is 6.07. The minimum atomic E-state index is 0.765. The predicted molar refractivity (Wildman–Crippen MR) is 157 cm³/mol. The van der Waals surface area contributed by atoms with Gasteiger partial charge in [0.2, 0.25) is 0 Å². The molecular formula is C33H38N2OS. The smallest absolute Gasteiger partial charge is 0.119 e. The minimum Gasteiger partial charge on any atom is -0.492 e. The zero-order valence-electron chi connectivity index (χ0n) is 21.8. The van der Waals surface area contributed by atoms with Gasteiger partial charge in [0.25, 0.3) is 0 Å². The van der Waals surface area contributed by atoms with Crippen LogP contribution in [0.3, 0.4) is 0 Å². The Labute approximate surface area is 225 Å². The van der Waals surface area contributed by atoms with Crippen LogP contribution in [-0.4, -0.2) is 55.7 Å². The summed E-state index contributed by atoms with van der Waals surface area (Å²) in [5, 5.41) is 1.38. The summed E-state index contributed by atoms with van der Waals surface area (Å²) in [5.74, 6) is 0.968. The first-order valence-electron chi connectivity index (χ1n) is 14.1. The van der Waals surface area contributed by atoms with E-state index in [2.05, 4.69) is 82.6 Å². The van der Waals surface area contributed by atoms with E-state index in [-0.39, 0.29) is 0 Å². The van der Waals surface area contributed by atoms with Gasteiger partial charge in [-0.15, -0.1) is 11.3 Å². The average Bonchev–Trinajstić information content (AvgIpc) is 3.71. The molecule has 0 amide bonds. The lowest BCUT2D eigenvalue weighted by molar-refractivity contribution is 0.238. The van der Waals surface area contributed by atoms with Crippen LogP contribution in [0.5, 0.6) is 5.75 Å². The molecule has 2 saturated heterocycles. The van der Waals surface area contributed by atoms with Gasteiger partial charge >= 0.3 is 0 Å². The molecule has 0 radical (unpaired) electrons. The summed E-state index contributed by atoms with van der Waals surface area (Å²) in [6.45, 7) is 7.98. The second-order valence-electron chi connectivity index (χ2n) is 10.6. The van der Waals surface area contributed by atoms with Crippen molar-refractivity contribution < 1.29 is 4.74 Å². The Balaban J connectivity index is 1.16. The molecule has 37 heavy (non-hydrogen) atoms. The lowest BCUT2D eigenvalue weighted by Gasteiger charge is -2.15. The lowest BCUT2D eigenvalue weighted by Crippen LogP contribution is -2.25. The van der Waals surface area contributed by atoms with Gasteiger partial charge in [0, 0.05) is 22.7 Å². The van der Waals surface area contributed by atoms with Gasteiger partial charge in [0.05, 0.1) is 0 Å². The minimum absolute atomic E-state index is 0.765. The zero-order chi connectivity index (χ0) is 24.9. The first-order valence-corrected chi connectivity index (χ1v) is 14.9. The van der Waals surface area contributed by atoms with Gasteiger partial charge in [0.15, 0.2) is 0 Å². The molecule has 2 aliphatic heterocycles. The predicted octanol–water partition coefficient (Wildman–Crippen LogP) is 7.27. The molecule has 0 atom stereocenters. The number of likely N-dealkylation sites (tertiary alicyclic amines) is 2. The van der Waals surface area contributed by atoms with Gasteiger partial charge in [0.1, 0.15) is 12.4 Å². The summed E-state index contributed by atoms with van der Waals surface area (Å²) in [4.78, 5) is 6.47. The molecule has 192 valence electrons. The van der Waals surface area contributed by atoms with Crippen LogP contribution in [0.2, 0.25) is 0 Å². The van der Waals surface area contributed by atoms with Gasteiger partial charge in [-0.2, -0.15) is 0 Å². The summed E-state index contributed by atoms with van der Waals surface area (Å²) >= 11 is 1.91. The van der Waals surface area contributed by atoms with Crippen LogP contribution < -0.4 is 4.74 Å². The Hall–Kier alpha value is -2.66. The summed E-state index contributed by atoms with van der Waals surface area (Å²) in [6, 6.07) is 27.0. The average molecular weight is 511 g/mol. The van der Waals surface area contributed by atoms with E-state index < -0.39 is 0 Å². The van der Waals surface area contributed by atoms with Gasteiger partial charge < -0.3 is 9.64 Å². The van der Waals surface area contributed by atoms with E-state index in [9.17, 15) is 0 Å². The molecule has 0 saturated carbocycles. The van der Waals surface area contributed by atoms with Crippen molar-refractivity contribution in [3.05, 3.63) is 89.5 Å². The highest BCUT2D eigenvalue weighted by atomic mass is 32.1. The van der Waals surface area contributed by atoms with Crippen molar-refractivity contribution in [1.82, 2.24) is 9.80 Å². The second kappa shape index (κ2) is 11.8. The van der Waals surface area contributed by atoms with Crippen molar-refractivity contribution in [3.8, 4) is 16.2 Å². The van der Waals surface area contributed by atoms with E-state index in [4.69, 9.17) is 4.74 Å². The molecule has 4 aromatic rings. The Kier molecular flexibility index (Phi) is 7.87. The third-order valence-electron chi connectivity index (χ3n) is 8.01. The van der Waals surface area contributed by atoms with E-state index in [1.807, 2.05) is 11.3 Å². The molecule has 0 bridgehead atoms. The molecule has 3 nitrogen and oxygen atoms in total. The molecule has 3 heterocycles. The molecule has 4 heteroatoms. The summed E-state index contributed by atoms with van der Waals surface area (Å²) in [5.41, 5.74) is 5.56. The van der Waals surface area contributed by atoms with Crippen LogP contribution >= 0.6 is 11.3 Å². The van der Waals surface area contributed by atoms with Crippen LogP contribution in [0.25, 0.3) is 20.5 Å². The van der Waals surface area contributed by atoms with Gasteiger partial charge in [-0.25, -0.2) is 0 Å². The van der Waals surface area contributed by atoms with Crippen LogP contribution in [0.4, 0.5) is 0 Å². The van der Waals surface area contributed by atoms with Crippen molar-refractivity contribution in [2.24, 2.45) is 0 Å². The van der Waals surface area contributed by atoms with Gasteiger partial charge in [-0.1, -0.05) is 42.5 Å². The molecule has 0 unspecified atom stereocenters. The van der Waals surface area contributed by atoms with Crippen molar-refractivity contribution in [1.29, 1.82) is 0 Å². The number of fused-ring (bicyclic) bond motifs is 1. The molecule has 6 rings (SSSR count). The number of hydrogen-bond donors (Lipinski definition) is 0. The number of thiophene rings is 1. The Bertz CT molecular complexity index is 1280. The molecular weight excluding hydrogens is 472 g/mol. The third-order valence-corrected chi connectivity index (χ3v) is 9.27. The van der Waals surface area contributed by atoms with Gasteiger partial charge in [-0.3, -0.25) is 4.90 Å². The van der Waals surface area contributed by atoms with Crippen molar-refractivity contribution in [3.63, 3.8) is 0 Å². The second-order valence-corrected chi connectivity index (χ2v) is 11.7. The summed E-state index contributed by atoms with van der Waals surface area (Å²) < 4.78 is 7.43. The summed E-state index contributed by atoms with van der Waals surface area (Å²) in [6.07, 6.45) is 7.50. The van der Waals surface area contributed by atoms with Crippen LogP contribution in [0, 0.1) is 0 Å². The Morgan fingerprint density at radius 1 is 0.676 bits per heavy atom. The highest BCUT2D eigenvalue weighted by molar-refractivity contribution is 7.22. The van der Waals surface area contributed by atoms with E-state index >= 15 is 0 Å². The SMILES string of the molecule is c1ccc2c(Cc3ccc(CCN4CCCC4)cc3)c(-c3ccc(OCCN4CCCC4)cc3)sc2c1. The normalized spacial score (nSPS) is 16.6. The molecule has 0 N–H and O–H groups in total. The number of ether oxygens (including phenoxy) is 1. The van der Waals surface area contributed by atoms with Gasteiger partial charge in [-0.05, 0) is 123 Å². The largest absolute Gasteiger partial charge is 0.492 e. The van der Waals surface area contributed by atoms with Crippen LogP contribution in [0.1, 0.15) is 42.4 Å². The summed E-state index contributed by atoms with van der Waals surface area (Å²) in [7, 11) is 0. The molecule has 2 fully saturated rings. The fraction of sp³-hybridized carbons (Fsp3) is 0.394. The highest BCUT2D eigenvalue weighted by Gasteiger charge is 2.16. The highest BCUT2D eigenvalue weighted by Crippen LogP contribution is 2.40. The van der Waals surface area contributed by atoms with Crippen molar-refractivity contribution in [2.45, 2.75) is 38.5 Å². The number of benzene rings is 3. The van der Waals surface area contributed by atoms with E-state index in [0.717, 1.165) is 31.7 Å². The molecule has 3 aromatic carbocycles. The molecule has 0 aliphatic carbocycles. The van der Waals surface area contributed by atoms with Crippen molar-refractivity contribution in [2.75, 3.05) is 45.9 Å². The molecule has 1 aromatic heterocycles. The van der Waals surface area contributed by atoms with E-state index in [1.54, 1.807) is 0 Å². The number of rotatable bonds is 10. The fourth-order valence-electron chi connectivity index (χ4n) is 5.83. The standard InChI is InChI=1S/C33H38N2OS/c1-2-8-32-30(7-1)31(25-27-11-9-26(10-12-27)17-22-34-18-3-4-19-34)33(37-32)28-13-15-29(16-14-28)36-24-23-35-20-5-6-21-35/h1-2,7-16H,3-6,17-25H2. The number of hydrogen-bond acceptors (Lipinski definition) is 4. The maximum Gasteiger partial charge on any atom is 0.119 e. The fourth-order valence-corrected chi connectivity index (χ4v) is 7.06. The van der Waals surface area contributed by atoms with E-state index in [1.165, 1.54) is 95.6 Å². The lowest BCUT2D eigenvalue weighted by atomic mass is 9.98. The quantitative estimate of drug-likeness (QED) is 0.223. The van der Waals surface area contributed by atoms with E-state index in [0.29, 0.717) is 0 Å². The number of nitrogens with zero attached hydrogens (tertiary/aromatic N) is 2. The Morgan fingerprint density at radius 3 is 2.05 bits per heavy atom. The zero-order valence-corrected chi connectivity index (χ0v) is 22.6. The third kappa shape index (κ3) is 6.09. The molecule has 0 spiro atoms. The monoisotopic (exact) mass is 510 g/mol. The maximum absolute atomic E-state index is 6.07. The first-order chi connectivity index (χ1) is 18.3. The van der Waals surface area contributed by atoms with Crippen LogP contribution in [-0.2, 0) is 12.8 Å². The topological polar surface area (TPSA) is 15.7 Å².